The zero-order valence-electron chi connectivity index (χ0n) is 39.9. The van der Waals surface area contributed by atoms with Crippen LogP contribution >= 0.6 is 0 Å². The Kier molecular flexibility index (Phi) is 12.1. The molecule has 0 unspecified atom stereocenters. The number of benzene rings is 12. The fraction of sp³-hybridized carbons (Fsp3) is 0. The van der Waals surface area contributed by atoms with Gasteiger partial charge in [-0.05, 0) is 147 Å². The van der Waals surface area contributed by atoms with Crippen LogP contribution in [0.15, 0.2) is 303 Å². The molecule has 0 bridgehead atoms. The summed E-state index contributed by atoms with van der Waals surface area (Å²) in [4.78, 5) is 0. The van der Waals surface area contributed by atoms with Gasteiger partial charge in [0.15, 0.2) is 0 Å². The number of rotatable bonds is 11. The second-order valence-electron chi connectivity index (χ2n) is 18.5. The minimum absolute atomic E-state index is 1.20. The van der Waals surface area contributed by atoms with Gasteiger partial charge < -0.3 is 0 Å². The molecular weight excluding hydrogens is 865 g/mol. The van der Waals surface area contributed by atoms with E-state index in [4.69, 9.17) is 0 Å². The topological polar surface area (TPSA) is 0 Å². The van der Waals surface area contributed by atoms with Crippen LogP contribution in [0.25, 0.3) is 122 Å². The molecule has 0 heterocycles. The van der Waals surface area contributed by atoms with Crippen molar-refractivity contribution in [3.8, 4) is 122 Å². The first kappa shape index (κ1) is 43.9. The summed E-state index contributed by atoms with van der Waals surface area (Å²) in [5.74, 6) is 0. The molecule has 72 heavy (non-hydrogen) atoms. The molecule has 0 saturated carbocycles. The van der Waals surface area contributed by atoms with Crippen LogP contribution in [0, 0.1) is 0 Å². The highest BCUT2D eigenvalue weighted by atomic mass is 14.1. The molecule has 0 aliphatic heterocycles. The molecule has 0 spiro atoms. The molecule has 0 N–H and O–H groups in total. The minimum Gasteiger partial charge on any atom is -0.0622 e. The summed E-state index contributed by atoms with van der Waals surface area (Å²) in [5.41, 5.74) is 26.6. The molecule has 0 atom stereocenters. The van der Waals surface area contributed by atoms with Crippen molar-refractivity contribution in [2.75, 3.05) is 0 Å². The molecule has 12 rings (SSSR count). The lowest BCUT2D eigenvalue weighted by atomic mass is 9.94. The first-order valence-electron chi connectivity index (χ1n) is 24.8. The number of hydrogen-bond donors (Lipinski definition) is 0. The van der Waals surface area contributed by atoms with Crippen LogP contribution in [0.4, 0.5) is 0 Å². The predicted octanol–water partition coefficient (Wildman–Crippen LogP) is 20.0. The van der Waals surface area contributed by atoms with Gasteiger partial charge in [0.25, 0.3) is 0 Å². The van der Waals surface area contributed by atoms with E-state index in [1.165, 1.54) is 122 Å². The second kappa shape index (κ2) is 19.9. The molecule has 0 saturated heterocycles. The fourth-order valence-electron chi connectivity index (χ4n) is 9.91. The van der Waals surface area contributed by atoms with Gasteiger partial charge in [-0.25, -0.2) is 0 Å². The van der Waals surface area contributed by atoms with E-state index >= 15 is 0 Å². The van der Waals surface area contributed by atoms with E-state index in [1.54, 1.807) is 0 Å². The van der Waals surface area contributed by atoms with E-state index in [0.29, 0.717) is 0 Å². The van der Waals surface area contributed by atoms with Crippen molar-refractivity contribution in [1.82, 2.24) is 0 Å². The molecule has 0 fully saturated rings. The molecule has 0 nitrogen and oxygen atoms in total. The van der Waals surface area contributed by atoms with Crippen molar-refractivity contribution < 1.29 is 0 Å². The molecule has 0 radical (unpaired) electrons. The monoisotopic (exact) mass is 914 g/mol. The lowest BCUT2D eigenvalue weighted by Crippen LogP contribution is -1.85. The maximum absolute atomic E-state index is 2.31. The summed E-state index contributed by atoms with van der Waals surface area (Å²) in [6.45, 7) is 0. The molecule has 0 aliphatic rings. The largest absolute Gasteiger partial charge is 0.0622 e. The van der Waals surface area contributed by atoms with Crippen LogP contribution in [0.1, 0.15) is 0 Å². The van der Waals surface area contributed by atoms with Gasteiger partial charge in [0.1, 0.15) is 0 Å². The minimum atomic E-state index is 1.20. The smallest absolute Gasteiger partial charge is 0.0178 e. The van der Waals surface area contributed by atoms with Crippen LogP contribution in [-0.4, -0.2) is 0 Å². The van der Waals surface area contributed by atoms with Crippen molar-refractivity contribution >= 4 is 0 Å². The molecule has 12 aromatic carbocycles. The van der Waals surface area contributed by atoms with Crippen LogP contribution in [0.5, 0.6) is 0 Å². The Morgan fingerprint density at radius 3 is 0.361 bits per heavy atom. The molecule has 0 heteroatoms. The molecule has 0 aliphatic carbocycles. The lowest BCUT2D eigenvalue weighted by Gasteiger charge is -2.11. The molecule has 338 valence electrons. The summed E-state index contributed by atoms with van der Waals surface area (Å²) >= 11 is 0. The van der Waals surface area contributed by atoms with E-state index in [9.17, 15) is 0 Å². The Morgan fingerprint density at radius 1 is 0.0833 bits per heavy atom. The highest BCUT2D eigenvalue weighted by molar-refractivity contribution is 5.82. The van der Waals surface area contributed by atoms with E-state index in [2.05, 4.69) is 303 Å². The van der Waals surface area contributed by atoms with Gasteiger partial charge in [0.2, 0.25) is 0 Å². The summed E-state index contributed by atoms with van der Waals surface area (Å²) < 4.78 is 0. The van der Waals surface area contributed by atoms with Gasteiger partial charge in [-0.2, -0.15) is 0 Å². The standard InChI is InChI=1S/C72H50/c1-3-11-51(12-4-1)53-23-27-55(28-24-53)57-31-39-61(40-32-57)65-15-7-19-69(47-65)71-21-9-17-67(49-71)63-43-35-59(36-44-63)60-37-45-64(46-38-60)68-18-10-22-72(50-68)70-20-8-16-66(48-70)62-41-33-58(34-42-62)56-29-25-54(26-30-56)52-13-5-2-6-14-52/h1-50H. The Bertz CT molecular complexity index is 3500. The molecular formula is C72H50. The van der Waals surface area contributed by atoms with Crippen LogP contribution < -0.4 is 0 Å². The van der Waals surface area contributed by atoms with Crippen LogP contribution in [0.3, 0.4) is 0 Å². The fourth-order valence-corrected chi connectivity index (χ4v) is 9.91. The van der Waals surface area contributed by atoms with E-state index < -0.39 is 0 Å². The third-order valence-electron chi connectivity index (χ3n) is 14.0. The first-order chi connectivity index (χ1) is 35.6. The van der Waals surface area contributed by atoms with Gasteiger partial charge in [0, 0.05) is 0 Å². The van der Waals surface area contributed by atoms with Crippen molar-refractivity contribution in [3.63, 3.8) is 0 Å². The first-order valence-corrected chi connectivity index (χ1v) is 24.8. The summed E-state index contributed by atoms with van der Waals surface area (Å²) in [5, 5.41) is 0. The van der Waals surface area contributed by atoms with Gasteiger partial charge in [0.05, 0.1) is 0 Å². The Hall–Kier alpha value is -9.36. The predicted molar refractivity (Wildman–Crippen MR) is 306 cm³/mol. The van der Waals surface area contributed by atoms with E-state index in [1.807, 2.05) is 0 Å². The molecule has 0 aromatic heterocycles. The summed E-state index contributed by atoms with van der Waals surface area (Å²) in [6.07, 6.45) is 0. The average Bonchev–Trinajstić information content (AvgIpc) is 3.48. The van der Waals surface area contributed by atoms with Gasteiger partial charge in [-0.15, -0.1) is 0 Å². The third-order valence-corrected chi connectivity index (χ3v) is 14.0. The summed E-state index contributed by atoms with van der Waals surface area (Å²) in [6, 6.07) is 110. The maximum atomic E-state index is 2.31. The van der Waals surface area contributed by atoms with Crippen molar-refractivity contribution in [2.24, 2.45) is 0 Å². The second-order valence-corrected chi connectivity index (χ2v) is 18.5. The van der Waals surface area contributed by atoms with Crippen molar-refractivity contribution in [3.05, 3.63) is 303 Å². The van der Waals surface area contributed by atoms with Crippen molar-refractivity contribution in [1.29, 1.82) is 0 Å². The van der Waals surface area contributed by atoms with Crippen LogP contribution in [-0.2, 0) is 0 Å². The Labute approximate surface area is 423 Å². The van der Waals surface area contributed by atoms with Crippen LogP contribution in [0.2, 0.25) is 0 Å². The zero-order chi connectivity index (χ0) is 48.1. The van der Waals surface area contributed by atoms with Gasteiger partial charge in [-0.3, -0.25) is 0 Å². The van der Waals surface area contributed by atoms with Gasteiger partial charge >= 0.3 is 0 Å². The maximum Gasteiger partial charge on any atom is -0.0178 e. The zero-order valence-corrected chi connectivity index (χ0v) is 39.9. The summed E-state index contributed by atoms with van der Waals surface area (Å²) in [7, 11) is 0. The average molecular weight is 915 g/mol. The normalized spacial score (nSPS) is 11.1. The third kappa shape index (κ3) is 9.51. The highest BCUT2D eigenvalue weighted by Gasteiger charge is 2.10. The SMILES string of the molecule is c1ccc(-c2ccc(-c3ccc(-c4cccc(-c5cccc(-c6ccc(-c7ccc(-c8cccc(-c9cccc(-c%10ccc(-c%11ccc(-c%12ccccc%12)cc%11)cc%10)c9)c8)cc7)cc6)c5)c4)cc3)cc2)cc1. The Balaban J connectivity index is 0.702. The number of hydrogen-bond acceptors (Lipinski definition) is 0. The lowest BCUT2D eigenvalue weighted by molar-refractivity contribution is 1.55. The van der Waals surface area contributed by atoms with Crippen molar-refractivity contribution in [2.45, 2.75) is 0 Å². The molecule has 12 aromatic rings. The van der Waals surface area contributed by atoms with E-state index in [0.717, 1.165) is 0 Å². The van der Waals surface area contributed by atoms with E-state index in [-0.39, 0.29) is 0 Å². The highest BCUT2D eigenvalue weighted by Crippen LogP contribution is 2.35. The quantitative estimate of drug-likeness (QED) is 0.121. The Morgan fingerprint density at radius 2 is 0.194 bits per heavy atom. The molecule has 0 amide bonds. The van der Waals surface area contributed by atoms with Gasteiger partial charge in [-0.1, -0.05) is 279 Å².